The molecule has 0 atom stereocenters. The van der Waals surface area contributed by atoms with Crippen LogP contribution in [0.3, 0.4) is 0 Å². The van der Waals surface area contributed by atoms with E-state index in [2.05, 4.69) is 10.6 Å². The summed E-state index contributed by atoms with van der Waals surface area (Å²) in [6.07, 6.45) is 0. The van der Waals surface area contributed by atoms with E-state index >= 15 is 0 Å². The number of para-hydroxylation sites is 2. The minimum atomic E-state index is -0.203. The number of rotatable bonds is 7. The van der Waals surface area contributed by atoms with E-state index in [1.54, 1.807) is 12.1 Å². The Kier molecular flexibility index (Phi) is 6.97. The van der Waals surface area contributed by atoms with Crippen molar-refractivity contribution in [3.63, 3.8) is 0 Å². The Morgan fingerprint density at radius 3 is 1.30 bits per heavy atom. The normalized spacial score (nSPS) is 10.9. The van der Waals surface area contributed by atoms with Crippen LogP contribution in [0.2, 0.25) is 0 Å². The smallest absolute Gasteiger partial charge is 0.252 e. The maximum Gasteiger partial charge on any atom is 0.252 e. The van der Waals surface area contributed by atoms with E-state index in [9.17, 15) is 9.59 Å². The maximum absolute atomic E-state index is 13.4. The van der Waals surface area contributed by atoms with Crippen LogP contribution in [0.15, 0.2) is 121 Å². The molecule has 0 radical (unpaired) electrons. The van der Waals surface area contributed by atoms with Crippen LogP contribution in [0.25, 0.3) is 33.2 Å². The summed E-state index contributed by atoms with van der Waals surface area (Å²) in [6.45, 7) is 0.817. The molecule has 0 bridgehead atoms. The number of pyridine rings is 2. The summed E-state index contributed by atoms with van der Waals surface area (Å²) in [7, 11) is 0. The predicted octanol–water partition coefficient (Wildman–Crippen LogP) is 6.31. The number of aromatic nitrogens is 2. The molecule has 194 valence electrons. The largest absolute Gasteiger partial charge is 0.348 e. The van der Waals surface area contributed by atoms with Crippen LogP contribution in [0.4, 0.5) is 0 Å². The van der Waals surface area contributed by atoms with Crippen molar-refractivity contribution < 1.29 is 9.59 Å². The Hall–Kier alpha value is -5.36. The van der Waals surface area contributed by atoms with Gasteiger partial charge >= 0.3 is 0 Å². The standard InChI is InChI=1S/C34H26N4O2/c39-33(35-21-23-11-3-1-4-12-23)27-19-31(37-29-17-9-7-15-25(27)29)32-20-28(26-16-8-10-18-30(26)38-32)34(40)36-22-24-13-5-2-6-14-24/h1-20H,21-22H2,(H,35,39)(H,36,40). The van der Waals surface area contributed by atoms with Gasteiger partial charge in [-0.05, 0) is 35.4 Å². The van der Waals surface area contributed by atoms with E-state index in [0.29, 0.717) is 46.6 Å². The lowest BCUT2D eigenvalue weighted by atomic mass is 10.0. The summed E-state index contributed by atoms with van der Waals surface area (Å²) in [4.78, 5) is 36.5. The molecular formula is C34H26N4O2. The van der Waals surface area contributed by atoms with Gasteiger partial charge in [0, 0.05) is 23.9 Å². The van der Waals surface area contributed by atoms with Crippen LogP contribution in [0, 0.1) is 0 Å². The molecule has 6 aromatic rings. The molecule has 6 nitrogen and oxygen atoms in total. The third-order valence-corrected chi connectivity index (χ3v) is 6.78. The average Bonchev–Trinajstić information content (AvgIpc) is 3.02. The van der Waals surface area contributed by atoms with Crippen molar-refractivity contribution >= 4 is 33.6 Å². The number of benzene rings is 4. The van der Waals surface area contributed by atoms with Crippen molar-refractivity contribution in [2.45, 2.75) is 13.1 Å². The van der Waals surface area contributed by atoms with E-state index in [-0.39, 0.29) is 11.8 Å². The molecule has 0 spiro atoms. The van der Waals surface area contributed by atoms with Gasteiger partial charge in [0.2, 0.25) is 0 Å². The molecule has 0 aliphatic carbocycles. The molecule has 0 fully saturated rings. The van der Waals surface area contributed by atoms with Gasteiger partial charge in [-0.1, -0.05) is 97.1 Å². The molecule has 2 heterocycles. The molecule has 4 aromatic carbocycles. The molecule has 0 saturated carbocycles. The van der Waals surface area contributed by atoms with E-state index in [0.717, 1.165) is 21.9 Å². The molecule has 6 rings (SSSR count). The number of nitrogens with zero attached hydrogens (tertiary/aromatic N) is 2. The highest BCUT2D eigenvalue weighted by molar-refractivity contribution is 6.09. The van der Waals surface area contributed by atoms with Crippen molar-refractivity contribution in [2.24, 2.45) is 0 Å². The number of hydrogen-bond donors (Lipinski definition) is 2. The number of nitrogens with one attached hydrogen (secondary N) is 2. The second-order valence-corrected chi connectivity index (χ2v) is 9.48. The monoisotopic (exact) mass is 522 g/mol. The molecule has 0 aliphatic heterocycles. The van der Waals surface area contributed by atoms with E-state index in [4.69, 9.17) is 9.97 Å². The molecule has 2 amide bonds. The van der Waals surface area contributed by atoms with Crippen molar-refractivity contribution in [1.82, 2.24) is 20.6 Å². The Balaban J connectivity index is 1.39. The summed E-state index contributed by atoms with van der Waals surface area (Å²) in [5, 5.41) is 7.55. The predicted molar refractivity (Wildman–Crippen MR) is 158 cm³/mol. The number of carbonyl (C=O) groups is 2. The second-order valence-electron chi connectivity index (χ2n) is 9.48. The number of amides is 2. The number of hydrogen-bond acceptors (Lipinski definition) is 4. The first kappa shape index (κ1) is 24.9. The fourth-order valence-electron chi connectivity index (χ4n) is 4.74. The van der Waals surface area contributed by atoms with E-state index in [1.807, 2.05) is 109 Å². The van der Waals surface area contributed by atoms with Gasteiger partial charge in [-0.3, -0.25) is 9.59 Å². The van der Waals surface area contributed by atoms with Crippen molar-refractivity contribution in [1.29, 1.82) is 0 Å². The SMILES string of the molecule is O=C(NCc1ccccc1)c1cc(-c2cc(C(=O)NCc3ccccc3)c3ccccc3n2)nc2ccccc12. The van der Waals surface area contributed by atoms with Crippen molar-refractivity contribution in [3.8, 4) is 11.4 Å². The lowest BCUT2D eigenvalue weighted by molar-refractivity contribution is 0.0944. The summed E-state index contributed by atoms with van der Waals surface area (Å²) < 4.78 is 0. The number of fused-ring (bicyclic) bond motifs is 2. The highest BCUT2D eigenvalue weighted by Gasteiger charge is 2.18. The van der Waals surface area contributed by atoms with Crippen LogP contribution in [0.1, 0.15) is 31.8 Å². The minimum Gasteiger partial charge on any atom is -0.348 e. The van der Waals surface area contributed by atoms with Crippen LogP contribution in [-0.4, -0.2) is 21.8 Å². The van der Waals surface area contributed by atoms with Gasteiger partial charge in [0.05, 0.1) is 33.5 Å². The van der Waals surface area contributed by atoms with Crippen LogP contribution >= 0.6 is 0 Å². The Bertz CT molecular complexity index is 1700. The molecule has 0 saturated heterocycles. The fourth-order valence-corrected chi connectivity index (χ4v) is 4.74. The molecule has 40 heavy (non-hydrogen) atoms. The van der Waals surface area contributed by atoms with Crippen molar-refractivity contribution in [2.75, 3.05) is 0 Å². The van der Waals surface area contributed by atoms with Gasteiger partial charge < -0.3 is 10.6 Å². The second kappa shape index (κ2) is 11.2. The number of carbonyl (C=O) groups excluding carboxylic acids is 2. The zero-order valence-corrected chi connectivity index (χ0v) is 21.7. The van der Waals surface area contributed by atoms with Gasteiger partial charge in [-0.25, -0.2) is 9.97 Å². The minimum absolute atomic E-state index is 0.203. The molecule has 6 heteroatoms. The summed E-state index contributed by atoms with van der Waals surface area (Å²) >= 11 is 0. The zero-order chi connectivity index (χ0) is 27.3. The highest BCUT2D eigenvalue weighted by Crippen LogP contribution is 2.28. The third kappa shape index (κ3) is 5.28. The molecule has 0 unspecified atom stereocenters. The first-order valence-corrected chi connectivity index (χ1v) is 13.1. The van der Waals surface area contributed by atoms with Gasteiger partial charge in [0.1, 0.15) is 0 Å². The van der Waals surface area contributed by atoms with Crippen LogP contribution in [0.5, 0.6) is 0 Å². The molecule has 2 aromatic heterocycles. The fraction of sp³-hybridized carbons (Fsp3) is 0.0588. The highest BCUT2D eigenvalue weighted by atomic mass is 16.2. The van der Waals surface area contributed by atoms with Crippen molar-refractivity contribution in [3.05, 3.63) is 144 Å². The maximum atomic E-state index is 13.4. The van der Waals surface area contributed by atoms with Gasteiger partial charge in [0.15, 0.2) is 0 Å². The van der Waals surface area contributed by atoms with Crippen LogP contribution in [-0.2, 0) is 13.1 Å². The lowest BCUT2D eigenvalue weighted by Crippen LogP contribution is -2.23. The first-order valence-electron chi connectivity index (χ1n) is 13.1. The Morgan fingerprint density at radius 1 is 0.500 bits per heavy atom. The molecule has 0 aliphatic rings. The Labute approximate surface area is 231 Å². The van der Waals surface area contributed by atoms with E-state index < -0.39 is 0 Å². The summed E-state index contributed by atoms with van der Waals surface area (Å²) in [6, 6.07) is 38.2. The van der Waals surface area contributed by atoms with Gasteiger partial charge in [-0.15, -0.1) is 0 Å². The Morgan fingerprint density at radius 2 is 0.875 bits per heavy atom. The first-order chi connectivity index (χ1) is 19.7. The third-order valence-electron chi connectivity index (χ3n) is 6.78. The quantitative estimate of drug-likeness (QED) is 0.257. The van der Waals surface area contributed by atoms with E-state index in [1.165, 1.54) is 0 Å². The summed E-state index contributed by atoms with van der Waals surface area (Å²) in [5.74, 6) is -0.407. The molecule has 2 N–H and O–H groups in total. The van der Waals surface area contributed by atoms with Crippen LogP contribution < -0.4 is 10.6 Å². The topological polar surface area (TPSA) is 84.0 Å². The average molecular weight is 523 g/mol. The lowest BCUT2D eigenvalue weighted by Gasteiger charge is -2.13. The summed E-state index contributed by atoms with van der Waals surface area (Å²) in [5.41, 5.74) is 5.42. The zero-order valence-electron chi connectivity index (χ0n) is 21.7. The molecular weight excluding hydrogens is 496 g/mol. The van der Waals surface area contributed by atoms with Gasteiger partial charge in [0.25, 0.3) is 11.8 Å². The van der Waals surface area contributed by atoms with Gasteiger partial charge in [-0.2, -0.15) is 0 Å².